The molecule has 0 N–H and O–H groups in total. The summed E-state index contributed by atoms with van der Waals surface area (Å²) in [5.74, 6) is 0.745. The summed E-state index contributed by atoms with van der Waals surface area (Å²) in [5, 5.41) is 11.0. The van der Waals surface area contributed by atoms with Crippen LogP contribution in [0.25, 0.3) is 6.08 Å². The van der Waals surface area contributed by atoms with E-state index in [-0.39, 0.29) is 11.6 Å². The maximum atomic E-state index is 12.9. The number of nitrogens with zero attached hydrogens (tertiary/aromatic N) is 2. The van der Waals surface area contributed by atoms with Gasteiger partial charge in [0.05, 0.1) is 22.6 Å². The number of thiocarbonyl (C=S) groups is 1. The number of hydrogen-bond donors (Lipinski definition) is 0. The molecule has 0 radical (unpaired) electrons. The lowest BCUT2D eigenvalue weighted by Crippen LogP contribution is -2.27. The van der Waals surface area contributed by atoms with E-state index in [9.17, 15) is 14.9 Å². The van der Waals surface area contributed by atoms with Gasteiger partial charge in [0.2, 0.25) is 0 Å². The predicted octanol–water partition coefficient (Wildman–Crippen LogP) is 4.57. The normalized spacial score (nSPS) is 14.9. The number of methoxy groups -OCH3 is 1. The van der Waals surface area contributed by atoms with E-state index < -0.39 is 4.92 Å². The van der Waals surface area contributed by atoms with Crippen molar-refractivity contribution in [3.8, 4) is 11.5 Å². The van der Waals surface area contributed by atoms with Gasteiger partial charge in [-0.1, -0.05) is 48.8 Å². The number of nitro benzene ring substituents is 1. The molecule has 2 aromatic carbocycles. The van der Waals surface area contributed by atoms with Crippen LogP contribution in [-0.2, 0) is 4.79 Å². The van der Waals surface area contributed by atoms with Crippen LogP contribution >= 0.6 is 24.0 Å². The van der Waals surface area contributed by atoms with Crippen LogP contribution in [-0.4, -0.2) is 28.9 Å². The second kappa shape index (κ2) is 8.89. The molecule has 3 rings (SSSR count). The van der Waals surface area contributed by atoms with Crippen LogP contribution in [0.5, 0.6) is 11.5 Å². The van der Waals surface area contributed by atoms with Crippen LogP contribution in [0.2, 0.25) is 0 Å². The van der Waals surface area contributed by atoms with Gasteiger partial charge in [-0.15, -0.1) is 0 Å². The minimum Gasteiger partial charge on any atom is -0.493 e. The van der Waals surface area contributed by atoms with E-state index in [4.69, 9.17) is 21.7 Å². The Morgan fingerprint density at radius 2 is 2.07 bits per heavy atom. The first kappa shape index (κ1) is 20.6. The van der Waals surface area contributed by atoms with Gasteiger partial charge in [0.1, 0.15) is 6.61 Å². The highest BCUT2D eigenvalue weighted by molar-refractivity contribution is 8.27. The summed E-state index contributed by atoms with van der Waals surface area (Å²) < 4.78 is 11.2. The van der Waals surface area contributed by atoms with E-state index in [1.807, 2.05) is 0 Å². The highest BCUT2D eigenvalue weighted by Crippen LogP contribution is 2.38. The molecule has 0 atom stereocenters. The van der Waals surface area contributed by atoms with E-state index in [1.54, 1.807) is 36.4 Å². The van der Waals surface area contributed by atoms with Crippen molar-refractivity contribution in [1.82, 2.24) is 0 Å². The molecule has 2 aromatic rings. The van der Waals surface area contributed by atoms with Gasteiger partial charge >= 0.3 is 0 Å². The van der Waals surface area contributed by atoms with Crippen molar-refractivity contribution < 1.29 is 19.2 Å². The zero-order valence-corrected chi connectivity index (χ0v) is 17.0. The SMILES string of the molecule is C=CCOc1ccc(/C=C2\SC(=S)N(c3cccc([N+](=O)[O-])c3)C2=O)cc1OC. The van der Waals surface area contributed by atoms with Gasteiger partial charge in [0, 0.05) is 12.1 Å². The Bertz CT molecular complexity index is 1040. The van der Waals surface area contributed by atoms with Crippen LogP contribution in [0.3, 0.4) is 0 Å². The molecule has 0 bridgehead atoms. The van der Waals surface area contributed by atoms with Gasteiger partial charge in [0.15, 0.2) is 15.8 Å². The number of anilines is 1. The molecule has 148 valence electrons. The number of thioether (sulfide) groups is 1. The molecule has 1 heterocycles. The monoisotopic (exact) mass is 428 g/mol. The number of carbonyl (C=O) groups is 1. The smallest absolute Gasteiger partial charge is 0.271 e. The number of non-ortho nitro benzene ring substituents is 1. The molecule has 0 saturated carbocycles. The first-order valence-electron chi connectivity index (χ1n) is 8.38. The standard InChI is InChI=1S/C20H16N2O5S2/c1-3-9-27-16-8-7-13(10-17(16)26-2)11-18-19(23)21(20(28)29-18)14-5-4-6-15(12-14)22(24)25/h3-8,10-12H,1,9H2,2H3/b18-11-. The molecule has 0 spiro atoms. The third kappa shape index (κ3) is 4.47. The van der Waals surface area contributed by atoms with Crippen LogP contribution in [0.4, 0.5) is 11.4 Å². The van der Waals surface area contributed by atoms with Crippen LogP contribution in [0.1, 0.15) is 5.56 Å². The molecule has 7 nitrogen and oxygen atoms in total. The number of nitro groups is 1. The Kier molecular flexibility index (Phi) is 6.30. The van der Waals surface area contributed by atoms with E-state index >= 15 is 0 Å². The summed E-state index contributed by atoms with van der Waals surface area (Å²) >= 11 is 6.45. The maximum Gasteiger partial charge on any atom is 0.271 e. The average Bonchev–Trinajstić information content (AvgIpc) is 2.99. The summed E-state index contributed by atoms with van der Waals surface area (Å²) in [5.41, 5.74) is 0.976. The van der Waals surface area contributed by atoms with Crippen molar-refractivity contribution in [1.29, 1.82) is 0 Å². The van der Waals surface area contributed by atoms with Gasteiger partial charge in [-0.2, -0.15) is 0 Å². The Hall–Kier alpha value is -3.17. The third-order valence-electron chi connectivity index (χ3n) is 3.93. The zero-order chi connectivity index (χ0) is 21.0. The number of rotatable bonds is 7. The van der Waals surface area contributed by atoms with Gasteiger partial charge < -0.3 is 9.47 Å². The fraction of sp³-hybridized carbons (Fsp3) is 0.100. The molecule has 1 fully saturated rings. The fourth-order valence-electron chi connectivity index (χ4n) is 2.63. The second-order valence-electron chi connectivity index (χ2n) is 5.80. The van der Waals surface area contributed by atoms with Gasteiger partial charge in [0.25, 0.3) is 11.6 Å². The molecule has 0 unspecified atom stereocenters. The van der Waals surface area contributed by atoms with Crippen molar-refractivity contribution in [3.63, 3.8) is 0 Å². The molecule has 1 aliphatic rings. The minimum absolute atomic E-state index is 0.111. The van der Waals surface area contributed by atoms with Crippen LogP contribution in [0, 0.1) is 10.1 Å². The lowest BCUT2D eigenvalue weighted by molar-refractivity contribution is -0.384. The Balaban J connectivity index is 1.89. The van der Waals surface area contributed by atoms with Gasteiger partial charge in [-0.25, -0.2) is 0 Å². The molecular formula is C20H16N2O5S2. The maximum absolute atomic E-state index is 12.9. The van der Waals surface area contributed by atoms with Crippen LogP contribution in [0.15, 0.2) is 60.0 Å². The summed E-state index contributed by atoms with van der Waals surface area (Å²) in [6, 6.07) is 11.1. The highest BCUT2D eigenvalue weighted by atomic mass is 32.2. The van der Waals surface area contributed by atoms with Crippen molar-refractivity contribution in [2.75, 3.05) is 18.6 Å². The molecule has 0 aliphatic carbocycles. The van der Waals surface area contributed by atoms with Crippen molar-refractivity contribution in [2.45, 2.75) is 0 Å². The molecule has 0 aromatic heterocycles. The average molecular weight is 428 g/mol. The van der Waals surface area contributed by atoms with E-state index in [0.717, 1.165) is 17.3 Å². The van der Waals surface area contributed by atoms with Crippen molar-refractivity contribution in [2.24, 2.45) is 0 Å². The summed E-state index contributed by atoms with van der Waals surface area (Å²) in [4.78, 5) is 25.1. The molecule has 1 aliphatic heterocycles. The first-order chi connectivity index (χ1) is 13.9. The fourth-order valence-corrected chi connectivity index (χ4v) is 3.93. The van der Waals surface area contributed by atoms with E-state index in [0.29, 0.717) is 33.0 Å². The van der Waals surface area contributed by atoms with Crippen molar-refractivity contribution in [3.05, 3.63) is 75.7 Å². The molecule has 1 amide bonds. The Morgan fingerprint density at radius 1 is 1.28 bits per heavy atom. The summed E-state index contributed by atoms with van der Waals surface area (Å²) in [6.07, 6.45) is 3.32. The quantitative estimate of drug-likeness (QED) is 0.210. The Morgan fingerprint density at radius 3 is 2.76 bits per heavy atom. The highest BCUT2D eigenvalue weighted by Gasteiger charge is 2.34. The second-order valence-corrected chi connectivity index (χ2v) is 7.48. The lowest BCUT2D eigenvalue weighted by Gasteiger charge is -2.14. The largest absolute Gasteiger partial charge is 0.493 e. The molecule has 1 saturated heterocycles. The number of ether oxygens (including phenoxy) is 2. The van der Waals surface area contributed by atoms with E-state index in [1.165, 1.54) is 30.2 Å². The number of amides is 1. The molecular weight excluding hydrogens is 412 g/mol. The van der Waals surface area contributed by atoms with Crippen LogP contribution < -0.4 is 14.4 Å². The summed E-state index contributed by atoms with van der Waals surface area (Å²) in [6.45, 7) is 3.95. The van der Waals surface area contributed by atoms with Gasteiger partial charge in [-0.05, 0) is 29.8 Å². The third-order valence-corrected chi connectivity index (χ3v) is 5.24. The minimum atomic E-state index is -0.515. The number of carbonyl (C=O) groups excluding carboxylic acids is 1. The summed E-state index contributed by atoms with van der Waals surface area (Å²) in [7, 11) is 1.53. The lowest BCUT2D eigenvalue weighted by atomic mass is 10.1. The first-order valence-corrected chi connectivity index (χ1v) is 9.61. The number of benzene rings is 2. The topological polar surface area (TPSA) is 81.9 Å². The van der Waals surface area contributed by atoms with E-state index in [2.05, 4.69) is 6.58 Å². The zero-order valence-electron chi connectivity index (χ0n) is 15.4. The number of hydrogen-bond acceptors (Lipinski definition) is 7. The molecule has 29 heavy (non-hydrogen) atoms. The Labute approximate surface area is 176 Å². The predicted molar refractivity (Wildman–Crippen MR) is 117 cm³/mol. The van der Waals surface area contributed by atoms with Gasteiger partial charge in [-0.3, -0.25) is 19.8 Å². The molecule has 9 heteroatoms. The van der Waals surface area contributed by atoms with Crippen molar-refractivity contribution >= 4 is 51.7 Å².